The molecule has 1 N–H and O–H groups in total. The van der Waals surface area contributed by atoms with E-state index in [1.807, 2.05) is 34.6 Å². The molecule has 1 fully saturated rings. The highest BCUT2D eigenvalue weighted by molar-refractivity contribution is 5.68. The summed E-state index contributed by atoms with van der Waals surface area (Å²) in [7, 11) is 1.79. The first kappa shape index (κ1) is 19.2. The van der Waals surface area contributed by atoms with E-state index in [-0.39, 0.29) is 12.1 Å². The first-order valence-corrected chi connectivity index (χ1v) is 8.48. The summed E-state index contributed by atoms with van der Waals surface area (Å²) in [6.07, 6.45) is 4.72. The number of carbonyl (C=O) groups is 1. The summed E-state index contributed by atoms with van der Waals surface area (Å²) in [4.78, 5) is 14.0. The largest absolute Gasteiger partial charge is 0.444 e. The Morgan fingerprint density at radius 1 is 1.23 bits per heavy atom. The molecule has 0 unspecified atom stereocenters. The average molecular weight is 314 g/mol. The van der Waals surface area contributed by atoms with Crippen LogP contribution in [0.1, 0.15) is 60.3 Å². The molecule has 0 radical (unpaired) electrons. The second kappa shape index (κ2) is 8.73. The van der Waals surface area contributed by atoms with Crippen molar-refractivity contribution >= 4 is 6.09 Å². The molecule has 0 aromatic rings. The fourth-order valence-electron chi connectivity index (χ4n) is 2.77. The molecule has 1 amide bonds. The Labute approximate surface area is 135 Å². The minimum atomic E-state index is -0.448. The van der Waals surface area contributed by atoms with Crippen LogP contribution >= 0.6 is 0 Å². The van der Waals surface area contributed by atoms with Crippen molar-refractivity contribution < 1.29 is 14.3 Å². The number of hydrogen-bond acceptors (Lipinski definition) is 4. The minimum absolute atomic E-state index is 0.140. The maximum Gasteiger partial charge on any atom is 0.410 e. The van der Waals surface area contributed by atoms with Gasteiger partial charge in [-0.2, -0.15) is 0 Å². The second-order valence-corrected chi connectivity index (χ2v) is 7.43. The highest BCUT2D eigenvalue weighted by Crippen LogP contribution is 2.20. The smallest absolute Gasteiger partial charge is 0.410 e. The zero-order chi connectivity index (χ0) is 16.8. The van der Waals surface area contributed by atoms with Crippen LogP contribution < -0.4 is 5.32 Å². The topological polar surface area (TPSA) is 50.8 Å². The Balaban J connectivity index is 2.34. The third-order valence-electron chi connectivity index (χ3n) is 4.04. The molecule has 22 heavy (non-hydrogen) atoms. The van der Waals surface area contributed by atoms with E-state index in [1.165, 1.54) is 0 Å². The Morgan fingerprint density at radius 3 is 2.27 bits per heavy atom. The van der Waals surface area contributed by atoms with Crippen molar-refractivity contribution in [2.24, 2.45) is 0 Å². The predicted octanol–water partition coefficient (Wildman–Crippen LogP) is 3.18. The van der Waals surface area contributed by atoms with Crippen molar-refractivity contribution in [1.29, 1.82) is 0 Å². The lowest BCUT2D eigenvalue weighted by Gasteiger charge is -2.32. The Morgan fingerprint density at radius 2 is 1.82 bits per heavy atom. The lowest BCUT2D eigenvalue weighted by molar-refractivity contribution is 0.0189. The van der Waals surface area contributed by atoms with Gasteiger partial charge in [0.1, 0.15) is 5.60 Å². The van der Waals surface area contributed by atoms with Crippen LogP contribution in [0.4, 0.5) is 4.79 Å². The summed E-state index contributed by atoms with van der Waals surface area (Å²) >= 11 is 0. The van der Waals surface area contributed by atoms with Gasteiger partial charge in [0.05, 0.1) is 6.10 Å². The zero-order valence-corrected chi connectivity index (χ0v) is 15.1. The molecular weight excluding hydrogens is 280 g/mol. The van der Waals surface area contributed by atoms with Gasteiger partial charge >= 0.3 is 6.09 Å². The molecular formula is C17H34N2O3. The summed E-state index contributed by atoms with van der Waals surface area (Å²) in [6, 6.07) is 0.680. The molecule has 0 aromatic carbocycles. The highest BCUT2D eigenvalue weighted by atomic mass is 16.6. The Hall–Kier alpha value is -0.810. The molecule has 0 spiro atoms. The van der Waals surface area contributed by atoms with Crippen LogP contribution in [0.3, 0.4) is 0 Å². The van der Waals surface area contributed by atoms with Gasteiger partial charge in [0.15, 0.2) is 0 Å². The standard InChI is InChI=1S/C17H34N2O3/c1-13(2)19(16(20)22-17(3,4)5)12-11-18-14-7-9-15(21-6)10-8-14/h13-15,18H,7-12H2,1-6H3. The van der Waals surface area contributed by atoms with Crippen molar-refractivity contribution in [3.8, 4) is 0 Å². The van der Waals surface area contributed by atoms with Crippen LogP contribution in [-0.2, 0) is 9.47 Å². The van der Waals surface area contributed by atoms with Crippen LogP contribution in [0.2, 0.25) is 0 Å². The van der Waals surface area contributed by atoms with Gasteiger partial charge in [0, 0.05) is 32.3 Å². The number of hydrogen-bond donors (Lipinski definition) is 1. The van der Waals surface area contributed by atoms with Gasteiger partial charge in [-0.05, 0) is 60.3 Å². The van der Waals surface area contributed by atoms with E-state index >= 15 is 0 Å². The molecule has 5 heteroatoms. The van der Waals surface area contributed by atoms with Crippen LogP contribution in [0.5, 0.6) is 0 Å². The van der Waals surface area contributed by atoms with Gasteiger partial charge in [-0.3, -0.25) is 0 Å². The van der Waals surface area contributed by atoms with Crippen LogP contribution in [0.15, 0.2) is 0 Å². The van der Waals surface area contributed by atoms with Crippen LogP contribution in [-0.4, -0.2) is 55.0 Å². The van der Waals surface area contributed by atoms with E-state index in [0.29, 0.717) is 18.7 Å². The molecule has 1 rings (SSSR count). The fourth-order valence-corrected chi connectivity index (χ4v) is 2.77. The van der Waals surface area contributed by atoms with E-state index in [9.17, 15) is 4.79 Å². The number of methoxy groups -OCH3 is 1. The van der Waals surface area contributed by atoms with Crippen molar-refractivity contribution in [2.75, 3.05) is 20.2 Å². The predicted molar refractivity (Wildman–Crippen MR) is 89.1 cm³/mol. The van der Waals surface area contributed by atoms with Crippen LogP contribution in [0.25, 0.3) is 0 Å². The van der Waals surface area contributed by atoms with E-state index in [4.69, 9.17) is 9.47 Å². The number of ether oxygens (including phenoxy) is 2. The SMILES string of the molecule is COC1CCC(NCCN(C(=O)OC(C)(C)C)C(C)C)CC1. The summed E-state index contributed by atoms with van der Waals surface area (Å²) in [5.74, 6) is 0. The molecule has 0 aliphatic heterocycles. The quantitative estimate of drug-likeness (QED) is 0.818. The zero-order valence-electron chi connectivity index (χ0n) is 15.1. The highest BCUT2D eigenvalue weighted by Gasteiger charge is 2.25. The first-order valence-electron chi connectivity index (χ1n) is 8.48. The van der Waals surface area contributed by atoms with Crippen molar-refractivity contribution in [3.05, 3.63) is 0 Å². The molecule has 1 aliphatic rings. The number of nitrogens with one attached hydrogen (secondary N) is 1. The number of rotatable bonds is 6. The average Bonchev–Trinajstić information content (AvgIpc) is 2.41. The van der Waals surface area contributed by atoms with Gasteiger partial charge in [-0.1, -0.05) is 0 Å². The van der Waals surface area contributed by atoms with Gasteiger partial charge in [0.25, 0.3) is 0 Å². The Bertz CT molecular complexity index is 331. The van der Waals surface area contributed by atoms with E-state index in [0.717, 1.165) is 32.2 Å². The molecule has 0 aromatic heterocycles. The van der Waals surface area contributed by atoms with Gasteiger partial charge in [-0.15, -0.1) is 0 Å². The van der Waals surface area contributed by atoms with Crippen LogP contribution in [0, 0.1) is 0 Å². The molecule has 1 saturated carbocycles. The van der Waals surface area contributed by atoms with Gasteiger partial charge in [0.2, 0.25) is 0 Å². The number of nitrogens with zero attached hydrogens (tertiary/aromatic N) is 1. The summed E-state index contributed by atoms with van der Waals surface area (Å²) < 4.78 is 10.9. The lowest BCUT2D eigenvalue weighted by Crippen LogP contribution is -2.46. The molecule has 5 nitrogen and oxygen atoms in total. The third kappa shape index (κ3) is 6.97. The molecule has 1 aliphatic carbocycles. The van der Waals surface area contributed by atoms with E-state index in [2.05, 4.69) is 5.32 Å². The molecule has 130 valence electrons. The number of amides is 1. The second-order valence-electron chi connectivity index (χ2n) is 7.43. The Kier molecular flexibility index (Phi) is 7.63. The summed E-state index contributed by atoms with van der Waals surface area (Å²) in [5.41, 5.74) is -0.448. The lowest BCUT2D eigenvalue weighted by atomic mass is 9.93. The fraction of sp³-hybridized carbons (Fsp3) is 0.941. The molecule has 0 bridgehead atoms. The molecule has 0 atom stereocenters. The first-order chi connectivity index (χ1) is 10.2. The normalized spacial score (nSPS) is 22.7. The molecule has 0 heterocycles. The molecule has 0 saturated heterocycles. The minimum Gasteiger partial charge on any atom is -0.444 e. The maximum atomic E-state index is 12.2. The van der Waals surface area contributed by atoms with Gasteiger partial charge < -0.3 is 19.7 Å². The number of carbonyl (C=O) groups excluding carboxylic acids is 1. The maximum absolute atomic E-state index is 12.2. The van der Waals surface area contributed by atoms with Crippen molar-refractivity contribution in [2.45, 2.75) is 84.1 Å². The van der Waals surface area contributed by atoms with E-state index < -0.39 is 5.60 Å². The van der Waals surface area contributed by atoms with Crippen molar-refractivity contribution in [1.82, 2.24) is 10.2 Å². The monoisotopic (exact) mass is 314 g/mol. The van der Waals surface area contributed by atoms with E-state index in [1.54, 1.807) is 12.0 Å². The summed E-state index contributed by atoms with van der Waals surface area (Å²) in [5, 5.41) is 3.56. The van der Waals surface area contributed by atoms with Gasteiger partial charge in [-0.25, -0.2) is 4.79 Å². The van der Waals surface area contributed by atoms with Crippen molar-refractivity contribution in [3.63, 3.8) is 0 Å². The third-order valence-corrected chi connectivity index (χ3v) is 4.04. The summed E-state index contributed by atoms with van der Waals surface area (Å²) in [6.45, 7) is 11.2.